The summed E-state index contributed by atoms with van der Waals surface area (Å²) in [6.07, 6.45) is 1.90. The van der Waals surface area contributed by atoms with Crippen LogP contribution in [0.1, 0.15) is 29.9 Å². The summed E-state index contributed by atoms with van der Waals surface area (Å²) < 4.78 is 5.61. The molecule has 2 aromatic rings. The minimum Gasteiger partial charge on any atom is -0.480 e. The van der Waals surface area contributed by atoms with E-state index in [4.69, 9.17) is 9.84 Å². The fourth-order valence-corrected chi connectivity index (χ4v) is 4.93. The van der Waals surface area contributed by atoms with E-state index in [2.05, 4.69) is 36.2 Å². The fraction of sp³-hybridized carbons (Fsp3) is 0.370. The van der Waals surface area contributed by atoms with Crippen molar-refractivity contribution in [3.05, 3.63) is 72.3 Å². The molecular formula is C27H31N3O5. The van der Waals surface area contributed by atoms with Crippen LogP contribution in [-0.2, 0) is 14.3 Å². The number of carboxylic acids is 1. The van der Waals surface area contributed by atoms with Gasteiger partial charge in [-0.3, -0.25) is 14.5 Å². The van der Waals surface area contributed by atoms with Gasteiger partial charge >= 0.3 is 12.1 Å². The lowest BCUT2D eigenvalue weighted by atomic mass is 9.98. The van der Waals surface area contributed by atoms with Crippen LogP contribution in [-0.4, -0.2) is 78.2 Å². The van der Waals surface area contributed by atoms with E-state index in [9.17, 15) is 14.4 Å². The molecule has 2 aromatic carbocycles. The number of ether oxygens (including phenoxy) is 1. The Morgan fingerprint density at radius 1 is 1.03 bits per heavy atom. The van der Waals surface area contributed by atoms with Gasteiger partial charge in [-0.1, -0.05) is 54.6 Å². The average molecular weight is 478 g/mol. The normalized spacial score (nSPS) is 16.5. The molecule has 1 aliphatic heterocycles. The quantitative estimate of drug-likeness (QED) is 0.567. The van der Waals surface area contributed by atoms with Crippen LogP contribution in [0.5, 0.6) is 0 Å². The van der Waals surface area contributed by atoms with Crippen LogP contribution in [0.15, 0.2) is 61.2 Å². The number of carbonyl (C=O) groups is 3. The van der Waals surface area contributed by atoms with Crippen molar-refractivity contribution >= 4 is 18.0 Å². The van der Waals surface area contributed by atoms with Gasteiger partial charge in [0, 0.05) is 32.1 Å². The second kappa shape index (κ2) is 11.2. The average Bonchev–Trinajstić information content (AvgIpc) is 2.98. The number of rotatable bonds is 8. The molecule has 2 amide bonds. The van der Waals surface area contributed by atoms with E-state index in [1.807, 2.05) is 29.2 Å². The highest BCUT2D eigenvalue weighted by atomic mass is 16.5. The summed E-state index contributed by atoms with van der Waals surface area (Å²) in [6, 6.07) is 15.4. The third kappa shape index (κ3) is 5.71. The van der Waals surface area contributed by atoms with Gasteiger partial charge in [0.2, 0.25) is 5.91 Å². The molecule has 8 heteroatoms. The first-order valence-corrected chi connectivity index (χ1v) is 11.9. The molecule has 4 rings (SSSR count). The van der Waals surface area contributed by atoms with Crippen molar-refractivity contribution in [3.63, 3.8) is 0 Å². The SMILES string of the molecule is C=CCC(NC(=O)OCC1c2ccccc2-c2ccccc21)C(=O)N1CCCN(CC(=O)O)CC1. The summed E-state index contributed by atoms with van der Waals surface area (Å²) in [5, 5.41) is 11.8. The summed E-state index contributed by atoms with van der Waals surface area (Å²) >= 11 is 0. The summed E-state index contributed by atoms with van der Waals surface area (Å²) in [5.41, 5.74) is 4.54. The van der Waals surface area contributed by atoms with Crippen LogP contribution in [0.3, 0.4) is 0 Å². The van der Waals surface area contributed by atoms with Gasteiger partial charge in [-0.05, 0) is 35.1 Å². The molecule has 2 N–H and O–H groups in total. The number of aliphatic carboxylic acids is 1. The Bertz CT molecular complexity index is 1060. The lowest BCUT2D eigenvalue weighted by Crippen LogP contribution is -2.49. The smallest absolute Gasteiger partial charge is 0.407 e. The van der Waals surface area contributed by atoms with Crippen molar-refractivity contribution in [2.75, 3.05) is 39.3 Å². The van der Waals surface area contributed by atoms with Crippen LogP contribution in [0.2, 0.25) is 0 Å². The molecule has 1 aliphatic carbocycles. The van der Waals surface area contributed by atoms with Gasteiger partial charge in [-0.25, -0.2) is 4.79 Å². The van der Waals surface area contributed by atoms with E-state index in [1.54, 1.807) is 11.0 Å². The van der Waals surface area contributed by atoms with Gasteiger partial charge in [0.05, 0.1) is 6.54 Å². The molecule has 2 aliphatic rings. The predicted octanol–water partition coefficient (Wildman–Crippen LogP) is 3.09. The van der Waals surface area contributed by atoms with Gasteiger partial charge in [-0.15, -0.1) is 6.58 Å². The second-order valence-electron chi connectivity index (χ2n) is 8.90. The third-order valence-corrected chi connectivity index (χ3v) is 6.60. The van der Waals surface area contributed by atoms with Crippen molar-refractivity contribution in [1.82, 2.24) is 15.1 Å². The highest BCUT2D eigenvalue weighted by Crippen LogP contribution is 2.44. The topological polar surface area (TPSA) is 99.2 Å². The standard InChI is InChI=1S/C27H31N3O5/c1-2-8-24(26(33)30-14-7-13-29(15-16-30)17-25(31)32)28-27(34)35-18-23-21-11-5-3-9-19(21)20-10-4-6-12-22(20)23/h2-6,9-12,23-24H,1,7-8,13-18H2,(H,28,34)(H,31,32). The number of fused-ring (bicyclic) bond motifs is 3. The Morgan fingerprint density at radius 2 is 1.69 bits per heavy atom. The maximum Gasteiger partial charge on any atom is 0.407 e. The maximum absolute atomic E-state index is 13.2. The zero-order chi connectivity index (χ0) is 24.8. The first-order valence-electron chi connectivity index (χ1n) is 11.9. The Balaban J connectivity index is 1.37. The first-order chi connectivity index (χ1) is 17.0. The molecule has 1 atom stereocenters. The number of nitrogens with one attached hydrogen (secondary N) is 1. The molecular weight excluding hydrogens is 446 g/mol. The molecule has 35 heavy (non-hydrogen) atoms. The molecule has 184 valence electrons. The van der Waals surface area contributed by atoms with Crippen molar-refractivity contribution in [3.8, 4) is 11.1 Å². The molecule has 0 saturated carbocycles. The van der Waals surface area contributed by atoms with Crippen molar-refractivity contribution < 1.29 is 24.2 Å². The van der Waals surface area contributed by atoms with Gasteiger partial charge in [0.1, 0.15) is 12.6 Å². The fourth-order valence-electron chi connectivity index (χ4n) is 4.93. The number of carboxylic acid groups (broad SMARTS) is 1. The minimum atomic E-state index is -0.883. The number of benzene rings is 2. The van der Waals surface area contributed by atoms with Crippen LogP contribution >= 0.6 is 0 Å². The number of hydrogen-bond acceptors (Lipinski definition) is 5. The molecule has 0 aromatic heterocycles. The number of nitrogens with zero attached hydrogens (tertiary/aromatic N) is 2. The molecule has 0 bridgehead atoms. The summed E-state index contributed by atoms with van der Waals surface area (Å²) in [6.45, 7) is 5.85. The molecule has 0 radical (unpaired) electrons. The molecule has 8 nitrogen and oxygen atoms in total. The minimum absolute atomic E-state index is 0.0455. The molecule has 1 fully saturated rings. The molecule has 0 spiro atoms. The molecule has 1 unspecified atom stereocenters. The summed E-state index contributed by atoms with van der Waals surface area (Å²) in [4.78, 5) is 40.4. The van der Waals surface area contributed by atoms with Crippen molar-refractivity contribution in [1.29, 1.82) is 0 Å². The largest absolute Gasteiger partial charge is 0.480 e. The molecule has 1 heterocycles. The number of hydrogen-bond donors (Lipinski definition) is 2. The van der Waals surface area contributed by atoms with Gasteiger partial charge in [0.25, 0.3) is 0 Å². The maximum atomic E-state index is 13.2. The second-order valence-corrected chi connectivity index (χ2v) is 8.90. The highest BCUT2D eigenvalue weighted by molar-refractivity contribution is 5.86. The summed E-state index contributed by atoms with van der Waals surface area (Å²) in [5.74, 6) is -1.16. The Labute approximate surface area is 205 Å². The van der Waals surface area contributed by atoms with E-state index in [0.717, 1.165) is 22.3 Å². The highest BCUT2D eigenvalue weighted by Gasteiger charge is 2.31. The van der Waals surface area contributed by atoms with Crippen molar-refractivity contribution in [2.24, 2.45) is 0 Å². The van der Waals surface area contributed by atoms with Crippen LogP contribution in [0.4, 0.5) is 4.79 Å². The van der Waals surface area contributed by atoms with Crippen LogP contribution < -0.4 is 5.32 Å². The van der Waals surface area contributed by atoms with E-state index in [-0.39, 0.29) is 31.4 Å². The first kappa shape index (κ1) is 24.5. The Hall–Kier alpha value is -3.65. The lowest BCUT2D eigenvalue weighted by Gasteiger charge is -2.26. The van der Waals surface area contributed by atoms with Gasteiger partial charge in [-0.2, -0.15) is 0 Å². The lowest BCUT2D eigenvalue weighted by molar-refractivity contribution is -0.138. The van der Waals surface area contributed by atoms with E-state index in [0.29, 0.717) is 32.6 Å². The van der Waals surface area contributed by atoms with E-state index < -0.39 is 18.1 Å². The Kier molecular flexibility index (Phi) is 7.82. The van der Waals surface area contributed by atoms with Crippen LogP contribution in [0.25, 0.3) is 11.1 Å². The van der Waals surface area contributed by atoms with E-state index in [1.165, 1.54) is 0 Å². The zero-order valence-corrected chi connectivity index (χ0v) is 19.7. The Morgan fingerprint density at radius 3 is 2.31 bits per heavy atom. The van der Waals surface area contributed by atoms with Gasteiger partial charge < -0.3 is 20.1 Å². The number of carbonyl (C=O) groups excluding carboxylic acids is 2. The van der Waals surface area contributed by atoms with E-state index >= 15 is 0 Å². The zero-order valence-electron chi connectivity index (χ0n) is 19.7. The van der Waals surface area contributed by atoms with Gasteiger partial charge in [0.15, 0.2) is 0 Å². The predicted molar refractivity (Wildman–Crippen MR) is 132 cm³/mol. The summed E-state index contributed by atoms with van der Waals surface area (Å²) in [7, 11) is 0. The number of amides is 2. The monoisotopic (exact) mass is 477 g/mol. The third-order valence-electron chi connectivity index (χ3n) is 6.60. The van der Waals surface area contributed by atoms with Crippen molar-refractivity contribution in [2.45, 2.75) is 24.8 Å². The van der Waals surface area contributed by atoms with Crippen LogP contribution in [0, 0.1) is 0 Å². The molecule has 1 saturated heterocycles. The number of alkyl carbamates (subject to hydrolysis) is 1.